The monoisotopic (exact) mass is 388 g/mol. The molecule has 6 N–H and O–H groups in total. The number of hydrogen-bond donors (Lipinski definition) is 4. The molecule has 0 radical (unpaired) electrons. The van der Waals surface area contributed by atoms with Crippen molar-refractivity contribution in [2.45, 2.75) is 76.5 Å². The minimum atomic E-state index is -3.53. The Morgan fingerprint density at radius 3 is 1.35 bits per heavy atom. The molecule has 0 fully saturated rings. The molecule has 0 heterocycles. The van der Waals surface area contributed by atoms with E-state index in [1.165, 1.54) is 0 Å². The smallest absolute Gasteiger partial charge is 0.270 e. The van der Waals surface area contributed by atoms with Crippen LogP contribution in [0.15, 0.2) is 0 Å². The van der Waals surface area contributed by atoms with Crippen LogP contribution in [0.5, 0.6) is 0 Å². The van der Waals surface area contributed by atoms with Crippen LogP contribution in [0.1, 0.15) is 66.2 Å². The number of rotatable bonds is 12. The molecule has 0 bridgehead atoms. The summed E-state index contributed by atoms with van der Waals surface area (Å²) in [6.07, 6.45) is 5.05. The van der Waals surface area contributed by atoms with Gasteiger partial charge in [0.1, 0.15) is 0 Å². The molecule has 0 saturated carbocycles. The first-order valence-corrected chi connectivity index (χ1v) is 12.6. The normalized spacial score (nSPS) is 18.4. The summed E-state index contributed by atoms with van der Waals surface area (Å²) in [4.78, 5) is 18.9. The fourth-order valence-electron chi connectivity index (χ4n) is 1.95. The Kier molecular flexibility index (Phi) is 9.64. The van der Waals surface area contributed by atoms with Crippen molar-refractivity contribution in [3.8, 4) is 0 Å². The highest BCUT2D eigenvalue weighted by Crippen LogP contribution is 2.50. The highest BCUT2D eigenvalue weighted by atomic mass is 32.2. The number of nitrogens with two attached hydrogens (primary N) is 2. The lowest BCUT2D eigenvalue weighted by Gasteiger charge is -2.27. The largest absolute Gasteiger partial charge is 0.333 e. The average Bonchev–Trinajstić information content (AvgIpc) is 2.33. The first kappa shape index (κ1) is 23.6. The number of hydrogen-bond acceptors (Lipinski definition) is 3. The van der Waals surface area contributed by atoms with Gasteiger partial charge in [-0.15, -0.1) is 0 Å². The molecule has 0 saturated heterocycles. The summed E-state index contributed by atoms with van der Waals surface area (Å²) >= 11 is 1.84. The van der Waals surface area contributed by atoms with Gasteiger partial charge in [0.05, 0.1) is 10.3 Å². The van der Waals surface area contributed by atoms with Gasteiger partial charge in [-0.2, -0.15) is 11.8 Å². The molecule has 2 atom stereocenters. The van der Waals surface area contributed by atoms with E-state index < -0.39 is 25.4 Å². The Balaban J connectivity index is 3.70. The molecule has 0 spiro atoms. The topological polar surface area (TPSA) is 127 Å². The van der Waals surface area contributed by atoms with Crippen LogP contribution in [0.3, 0.4) is 0 Å². The third kappa shape index (κ3) is 9.06. The van der Waals surface area contributed by atoms with E-state index in [4.69, 9.17) is 11.0 Å². The number of unbranched alkanes of at least 4 members (excludes halogenated alkanes) is 2. The average molecular weight is 388 g/mol. The lowest BCUT2D eigenvalue weighted by molar-refractivity contribution is 0.422. The molecule has 0 aliphatic rings. The molecule has 2 unspecified atom stereocenters. The van der Waals surface area contributed by atoms with Crippen LogP contribution >= 0.6 is 26.8 Å². The standard InChI is InChI=1S/C14H34N2O4P2S/c1-13(2,21(15,17)18)9-5-7-11-23-12-8-6-10-14(3,4)22(16,19)20/h5-12H2,1-4H3,(H3,15,17,18)(H3,16,19,20). The highest BCUT2D eigenvalue weighted by Gasteiger charge is 2.35. The predicted molar refractivity (Wildman–Crippen MR) is 101 cm³/mol. The molecule has 23 heavy (non-hydrogen) atoms. The minimum absolute atomic E-state index is 0.647. The van der Waals surface area contributed by atoms with Crippen LogP contribution in [0, 0.1) is 0 Å². The SMILES string of the molecule is CC(C)(CCCCSCCCCC(C)(C)P(N)(=O)O)P(N)(=O)O. The van der Waals surface area contributed by atoms with Crippen molar-refractivity contribution in [1.29, 1.82) is 0 Å². The van der Waals surface area contributed by atoms with Crippen LogP contribution < -0.4 is 11.0 Å². The van der Waals surface area contributed by atoms with Crippen LogP contribution in [-0.4, -0.2) is 31.6 Å². The van der Waals surface area contributed by atoms with E-state index in [1.54, 1.807) is 27.7 Å². The van der Waals surface area contributed by atoms with Crippen molar-refractivity contribution in [2.75, 3.05) is 11.5 Å². The predicted octanol–water partition coefficient (Wildman–Crippen LogP) is 3.91. The molecule has 9 heteroatoms. The van der Waals surface area contributed by atoms with Crippen LogP contribution in [-0.2, 0) is 9.13 Å². The Labute approximate surface area is 145 Å². The van der Waals surface area contributed by atoms with Gasteiger partial charge in [0.25, 0.3) is 15.0 Å². The molecule has 0 aromatic heterocycles. The molecule has 140 valence electrons. The van der Waals surface area contributed by atoms with Crippen LogP contribution in [0.2, 0.25) is 0 Å². The zero-order valence-corrected chi connectivity index (χ0v) is 17.4. The summed E-state index contributed by atoms with van der Waals surface area (Å²) in [5.74, 6) is 2.02. The summed E-state index contributed by atoms with van der Waals surface area (Å²) in [7, 11) is -7.06. The first-order chi connectivity index (χ1) is 10.2. The lowest BCUT2D eigenvalue weighted by Crippen LogP contribution is -2.24. The van der Waals surface area contributed by atoms with Crippen molar-refractivity contribution in [2.24, 2.45) is 11.0 Å². The van der Waals surface area contributed by atoms with Gasteiger partial charge in [-0.1, -0.05) is 12.8 Å². The van der Waals surface area contributed by atoms with Gasteiger partial charge in [-0.3, -0.25) is 20.1 Å². The van der Waals surface area contributed by atoms with Gasteiger partial charge < -0.3 is 9.79 Å². The molecule has 0 amide bonds. The fraction of sp³-hybridized carbons (Fsp3) is 1.00. The van der Waals surface area contributed by atoms with E-state index in [0.29, 0.717) is 12.8 Å². The fourth-order valence-corrected chi connectivity index (χ4v) is 3.92. The molecule has 0 aliphatic carbocycles. The van der Waals surface area contributed by atoms with Crippen molar-refractivity contribution in [3.05, 3.63) is 0 Å². The van der Waals surface area contributed by atoms with Crippen molar-refractivity contribution in [3.63, 3.8) is 0 Å². The van der Waals surface area contributed by atoms with E-state index in [-0.39, 0.29) is 0 Å². The van der Waals surface area contributed by atoms with Crippen molar-refractivity contribution in [1.82, 2.24) is 0 Å². The summed E-state index contributed by atoms with van der Waals surface area (Å²) in [6, 6.07) is 0. The Morgan fingerprint density at radius 1 is 0.783 bits per heavy atom. The van der Waals surface area contributed by atoms with E-state index in [0.717, 1.165) is 37.2 Å². The van der Waals surface area contributed by atoms with Gasteiger partial charge >= 0.3 is 0 Å². The summed E-state index contributed by atoms with van der Waals surface area (Å²) in [5.41, 5.74) is 10.7. The van der Waals surface area contributed by atoms with Gasteiger partial charge in [-0.05, 0) is 64.9 Å². The van der Waals surface area contributed by atoms with Gasteiger partial charge in [0, 0.05) is 0 Å². The molecule has 0 aromatic carbocycles. The van der Waals surface area contributed by atoms with E-state index in [9.17, 15) is 18.9 Å². The maximum atomic E-state index is 11.5. The van der Waals surface area contributed by atoms with Crippen molar-refractivity contribution >= 4 is 26.8 Å². The Morgan fingerprint density at radius 2 is 1.09 bits per heavy atom. The van der Waals surface area contributed by atoms with Crippen LogP contribution in [0.25, 0.3) is 0 Å². The van der Waals surface area contributed by atoms with Gasteiger partial charge in [0.15, 0.2) is 0 Å². The summed E-state index contributed by atoms with van der Waals surface area (Å²) in [6.45, 7) is 6.94. The minimum Gasteiger partial charge on any atom is -0.333 e. The molecular formula is C14H34N2O4P2S. The molecule has 0 aliphatic heterocycles. The third-order valence-electron chi connectivity index (χ3n) is 4.39. The second-order valence-corrected chi connectivity index (χ2v) is 13.5. The highest BCUT2D eigenvalue weighted by molar-refractivity contribution is 7.99. The van der Waals surface area contributed by atoms with Gasteiger partial charge in [0.2, 0.25) is 0 Å². The Hall–Kier alpha value is 0.650. The maximum absolute atomic E-state index is 11.5. The van der Waals surface area contributed by atoms with E-state index in [2.05, 4.69) is 0 Å². The molecule has 0 rings (SSSR count). The summed E-state index contributed by atoms with van der Waals surface area (Å²) in [5, 5.41) is -1.44. The van der Waals surface area contributed by atoms with Gasteiger partial charge in [-0.25, -0.2) is 0 Å². The second kappa shape index (κ2) is 9.38. The third-order valence-corrected chi connectivity index (χ3v) is 9.46. The number of thioether (sulfide) groups is 1. The zero-order valence-electron chi connectivity index (χ0n) is 14.8. The first-order valence-electron chi connectivity index (χ1n) is 8.01. The molecule has 0 aromatic rings. The maximum Gasteiger partial charge on any atom is 0.270 e. The molecule has 6 nitrogen and oxygen atoms in total. The van der Waals surface area contributed by atoms with E-state index in [1.807, 2.05) is 11.8 Å². The zero-order chi connectivity index (χ0) is 18.4. The van der Waals surface area contributed by atoms with Crippen LogP contribution in [0.4, 0.5) is 0 Å². The summed E-state index contributed by atoms with van der Waals surface area (Å²) < 4.78 is 23.0. The molecular weight excluding hydrogens is 354 g/mol. The Bertz CT molecular complexity index is 406. The lowest BCUT2D eigenvalue weighted by atomic mass is 10.1. The quantitative estimate of drug-likeness (QED) is 0.295. The van der Waals surface area contributed by atoms with Crippen molar-refractivity contribution < 1.29 is 18.9 Å². The van der Waals surface area contributed by atoms with E-state index >= 15 is 0 Å². The second-order valence-electron chi connectivity index (χ2n) is 7.40.